The SMILES string of the molecule is CC1=CC2=[C]([Zr+3])c3ccccc3C(Br)C2=C1.[Cl-].[Cl-].[Cl-]. The third kappa shape index (κ3) is 3.30. The van der Waals surface area contributed by atoms with Crippen LogP contribution in [0.1, 0.15) is 22.9 Å². The Bertz CT molecular complexity index is 576. The Balaban J connectivity index is 0.00000108. The van der Waals surface area contributed by atoms with E-state index in [1.54, 1.807) is 0 Å². The van der Waals surface area contributed by atoms with Crippen molar-refractivity contribution in [2.75, 3.05) is 0 Å². The first-order valence-corrected chi connectivity index (χ1v) is 7.42. The van der Waals surface area contributed by atoms with Crippen molar-refractivity contribution < 1.29 is 61.9 Å². The van der Waals surface area contributed by atoms with Crippen molar-refractivity contribution >= 4 is 19.2 Å². The Kier molecular flexibility index (Phi) is 7.89. The fraction of sp³-hybridized carbons (Fsp3) is 0.143. The zero-order valence-electron chi connectivity index (χ0n) is 10.1. The van der Waals surface area contributed by atoms with Crippen molar-refractivity contribution in [3.8, 4) is 0 Å². The van der Waals surface area contributed by atoms with Crippen molar-refractivity contribution in [2.45, 2.75) is 11.8 Å². The Hall–Kier alpha value is 0.673. The van der Waals surface area contributed by atoms with Gasteiger partial charge in [0.25, 0.3) is 0 Å². The predicted molar refractivity (Wildman–Crippen MR) is 66.9 cm³/mol. The summed E-state index contributed by atoms with van der Waals surface area (Å²) in [5, 5.41) is 0. The quantitative estimate of drug-likeness (QED) is 0.345. The van der Waals surface area contributed by atoms with Crippen LogP contribution in [0.3, 0.4) is 0 Å². The molecule has 0 N–H and O–H groups in total. The van der Waals surface area contributed by atoms with E-state index in [1.807, 2.05) is 0 Å². The molecular weight excluding hydrogens is 446 g/mol. The molecule has 0 aliphatic heterocycles. The summed E-state index contributed by atoms with van der Waals surface area (Å²) < 4.78 is 1.49. The normalized spacial score (nSPS) is 19.1. The van der Waals surface area contributed by atoms with Gasteiger partial charge in [0, 0.05) is 0 Å². The van der Waals surface area contributed by atoms with Gasteiger partial charge in [-0.2, -0.15) is 0 Å². The fourth-order valence-electron chi connectivity index (χ4n) is 2.36. The third-order valence-corrected chi connectivity index (χ3v) is 5.42. The average Bonchev–Trinajstić information content (AvgIpc) is 2.68. The molecule has 0 aromatic heterocycles. The van der Waals surface area contributed by atoms with Gasteiger partial charge in [-0.15, -0.1) is 0 Å². The van der Waals surface area contributed by atoms with Crippen molar-refractivity contribution in [1.29, 1.82) is 0 Å². The molecule has 19 heavy (non-hydrogen) atoms. The minimum atomic E-state index is 0. The number of hydrogen-bond donors (Lipinski definition) is 0. The molecule has 0 fully saturated rings. The first-order valence-electron chi connectivity index (χ1n) is 5.28. The van der Waals surface area contributed by atoms with Gasteiger partial charge in [-0.3, -0.25) is 0 Å². The van der Waals surface area contributed by atoms with Gasteiger partial charge in [-0.25, -0.2) is 0 Å². The molecule has 0 nitrogen and oxygen atoms in total. The van der Waals surface area contributed by atoms with Crippen LogP contribution < -0.4 is 37.2 Å². The van der Waals surface area contributed by atoms with E-state index in [1.165, 1.54) is 55.8 Å². The molecule has 1 aromatic carbocycles. The summed E-state index contributed by atoms with van der Waals surface area (Å²) in [6.07, 6.45) is 4.61. The van der Waals surface area contributed by atoms with Crippen LogP contribution in [0.5, 0.6) is 0 Å². The monoisotopic (exact) mass is 452 g/mol. The van der Waals surface area contributed by atoms with E-state index in [0.717, 1.165) is 0 Å². The molecule has 0 bridgehead atoms. The van der Waals surface area contributed by atoms with E-state index in [9.17, 15) is 0 Å². The van der Waals surface area contributed by atoms with E-state index in [-0.39, 0.29) is 37.2 Å². The van der Waals surface area contributed by atoms with Crippen LogP contribution in [0.2, 0.25) is 0 Å². The summed E-state index contributed by atoms with van der Waals surface area (Å²) in [6.45, 7) is 2.17. The molecule has 1 atom stereocenters. The zero-order valence-corrected chi connectivity index (χ0v) is 16.4. The number of benzene rings is 1. The number of fused-ring (bicyclic) bond motifs is 2. The van der Waals surface area contributed by atoms with Gasteiger partial charge >= 0.3 is 120 Å². The molecule has 0 radical (unpaired) electrons. The van der Waals surface area contributed by atoms with E-state index < -0.39 is 0 Å². The van der Waals surface area contributed by atoms with Crippen molar-refractivity contribution in [2.24, 2.45) is 0 Å². The maximum absolute atomic E-state index is 3.82. The summed E-state index contributed by atoms with van der Waals surface area (Å²) in [5.74, 6) is 0. The smallest absolute Gasteiger partial charge is 1.00 e. The minimum Gasteiger partial charge on any atom is -1.00 e. The third-order valence-electron chi connectivity index (χ3n) is 3.11. The Morgan fingerprint density at radius 2 is 1.68 bits per heavy atom. The van der Waals surface area contributed by atoms with Gasteiger partial charge in [0.05, 0.1) is 0 Å². The standard InChI is InChI=1S/C14H10Br.3ClH.Zr/c1-9-6-11-8-10-4-2-3-5-12(10)14(15)13(11)7-9;;;;/h2-7,14H,1H3;3*1H;/q;;;;+3/p-3. The van der Waals surface area contributed by atoms with Crippen LogP contribution in [-0.4, -0.2) is 0 Å². The Labute approximate surface area is 156 Å². The second-order valence-electron chi connectivity index (χ2n) is 4.23. The summed E-state index contributed by atoms with van der Waals surface area (Å²) >= 11 is 5.32. The van der Waals surface area contributed by atoms with Crippen LogP contribution in [0.25, 0.3) is 3.28 Å². The van der Waals surface area contributed by atoms with Crippen LogP contribution >= 0.6 is 15.9 Å². The summed E-state index contributed by atoms with van der Waals surface area (Å²) in [6, 6.07) is 8.71. The number of hydrogen-bond acceptors (Lipinski definition) is 0. The van der Waals surface area contributed by atoms with Crippen LogP contribution in [0.15, 0.2) is 53.1 Å². The average molecular weight is 456 g/mol. The Morgan fingerprint density at radius 3 is 2.37 bits per heavy atom. The van der Waals surface area contributed by atoms with Gasteiger partial charge in [0.2, 0.25) is 0 Å². The molecule has 1 unspecified atom stereocenters. The molecule has 2 aliphatic rings. The van der Waals surface area contributed by atoms with Gasteiger partial charge in [0.15, 0.2) is 0 Å². The summed E-state index contributed by atoms with van der Waals surface area (Å²) in [4.78, 5) is 0.358. The predicted octanol–water partition coefficient (Wildman–Crippen LogP) is -4.71. The molecule has 5 heteroatoms. The second-order valence-corrected chi connectivity index (χ2v) is 6.37. The molecule has 0 amide bonds. The second kappa shape index (κ2) is 7.62. The molecule has 2 aliphatic carbocycles. The number of halogens is 4. The number of rotatable bonds is 0. The van der Waals surface area contributed by atoms with Gasteiger partial charge in [0.1, 0.15) is 0 Å². The Morgan fingerprint density at radius 1 is 1.05 bits per heavy atom. The van der Waals surface area contributed by atoms with Crippen LogP contribution in [-0.2, 0) is 24.7 Å². The molecule has 98 valence electrons. The molecule has 0 spiro atoms. The largest absolute Gasteiger partial charge is 1.00 e. The van der Waals surface area contributed by atoms with E-state index in [0.29, 0.717) is 4.83 Å². The fourth-order valence-corrected chi connectivity index (χ4v) is 4.23. The summed E-state index contributed by atoms with van der Waals surface area (Å²) in [5.41, 5.74) is 7.06. The summed E-state index contributed by atoms with van der Waals surface area (Å²) in [7, 11) is 0. The maximum atomic E-state index is 3.82. The number of alkyl halides is 1. The van der Waals surface area contributed by atoms with Gasteiger partial charge < -0.3 is 37.2 Å². The molecule has 3 rings (SSSR count). The molecule has 0 saturated carbocycles. The van der Waals surface area contributed by atoms with Crippen molar-refractivity contribution in [3.63, 3.8) is 0 Å². The molecule has 1 aromatic rings. The topological polar surface area (TPSA) is 0 Å². The van der Waals surface area contributed by atoms with Crippen LogP contribution in [0.4, 0.5) is 0 Å². The molecular formula is C14H10BrCl3Zr. The van der Waals surface area contributed by atoms with E-state index in [2.05, 4.69) is 59.3 Å². The van der Waals surface area contributed by atoms with Gasteiger partial charge in [-0.1, -0.05) is 0 Å². The number of allylic oxidation sites excluding steroid dienone is 5. The van der Waals surface area contributed by atoms with Crippen molar-refractivity contribution in [1.82, 2.24) is 0 Å². The first kappa shape index (κ1) is 19.7. The van der Waals surface area contributed by atoms with E-state index >= 15 is 0 Å². The van der Waals surface area contributed by atoms with Gasteiger partial charge in [-0.05, 0) is 0 Å². The first-order chi connectivity index (χ1) is 7.68. The molecule has 0 saturated heterocycles. The maximum Gasteiger partial charge on any atom is -1.00 e. The minimum absolute atomic E-state index is 0. The van der Waals surface area contributed by atoms with E-state index in [4.69, 9.17) is 0 Å². The molecule has 0 heterocycles. The van der Waals surface area contributed by atoms with Crippen LogP contribution in [0, 0.1) is 0 Å². The zero-order chi connectivity index (χ0) is 11.3. The van der Waals surface area contributed by atoms with Crippen molar-refractivity contribution in [3.05, 3.63) is 64.3 Å².